The molecule has 1 aliphatic rings. The summed E-state index contributed by atoms with van der Waals surface area (Å²) < 4.78 is 5.07. The molecular formula is C5H10N2O+. The van der Waals surface area contributed by atoms with Crippen LogP contribution in [0.4, 0.5) is 0 Å². The van der Waals surface area contributed by atoms with Crippen molar-refractivity contribution in [3.63, 3.8) is 0 Å². The van der Waals surface area contributed by atoms with Gasteiger partial charge in [-0.05, 0) is 0 Å². The molecule has 3 heteroatoms. The van der Waals surface area contributed by atoms with Gasteiger partial charge in [0.2, 0.25) is 6.72 Å². The first kappa shape index (κ1) is 5.56. The first-order valence-corrected chi connectivity index (χ1v) is 2.73. The van der Waals surface area contributed by atoms with Gasteiger partial charge in [0, 0.05) is 0 Å². The van der Waals surface area contributed by atoms with E-state index in [1.807, 2.05) is 5.01 Å². The maximum atomic E-state index is 5.07. The zero-order chi connectivity index (χ0) is 5.82. The predicted octanol–water partition coefficient (Wildman–Crippen LogP) is -0.730. The van der Waals surface area contributed by atoms with Gasteiger partial charge in [0.05, 0.1) is 13.2 Å². The van der Waals surface area contributed by atoms with Crippen LogP contribution in [0.1, 0.15) is 0 Å². The molecule has 0 saturated carbocycles. The molecule has 0 atom stereocenters. The van der Waals surface area contributed by atoms with E-state index in [1.165, 1.54) is 0 Å². The van der Waals surface area contributed by atoms with E-state index in [2.05, 4.69) is 11.8 Å². The molecule has 1 radical (unpaired) electrons. The fourth-order valence-electron chi connectivity index (χ4n) is 0.695. The first-order valence-electron chi connectivity index (χ1n) is 2.73. The number of hydrazone groups is 1. The minimum absolute atomic E-state index is 0.791. The highest BCUT2D eigenvalue weighted by Gasteiger charge is 2.12. The standard InChI is InChI=1S/C5H10N2O/c1-6-7-2-4-8-5-3-7/h1-5H2/q+1. The molecule has 8 heavy (non-hydrogen) atoms. The van der Waals surface area contributed by atoms with Crippen LogP contribution in [-0.4, -0.2) is 38.0 Å². The molecule has 45 valence electrons. The summed E-state index contributed by atoms with van der Waals surface area (Å²) in [5.74, 6) is 0. The van der Waals surface area contributed by atoms with E-state index >= 15 is 0 Å². The number of morpholine rings is 1. The fraction of sp³-hybridized carbons (Fsp3) is 0.800. The van der Waals surface area contributed by atoms with Gasteiger partial charge in [0.25, 0.3) is 0 Å². The van der Waals surface area contributed by atoms with Crippen molar-refractivity contribution in [2.75, 3.05) is 26.3 Å². The monoisotopic (exact) mass is 114 g/mol. The van der Waals surface area contributed by atoms with Gasteiger partial charge in [-0.3, -0.25) is 0 Å². The normalized spacial score (nSPS) is 20.8. The molecule has 0 unspecified atom stereocenters. The Morgan fingerprint density at radius 1 is 1.38 bits per heavy atom. The third kappa shape index (κ3) is 1.20. The highest BCUT2D eigenvalue weighted by Crippen LogP contribution is 1.89. The summed E-state index contributed by atoms with van der Waals surface area (Å²) in [6, 6.07) is 0. The molecule has 0 N–H and O–H groups in total. The lowest BCUT2D eigenvalue weighted by atomic mass is 10.5. The molecule has 0 aromatic rings. The zero-order valence-electron chi connectivity index (χ0n) is 4.84. The largest absolute Gasteiger partial charge is 0.377 e. The minimum atomic E-state index is 0.791. The van der Waals surface area contributed by atoms with Crippen LogP contribution in [0.3, 0.4) is 0 Å². The third-order valence-corrected chi connectivity index (χ3v) is 1.19. The van der Waals surface area contributed by atoms with Crippen molar-refractivity contribution in [1.82, 2.24) is 10.1 Å². The Kier molecular flexibility index (Phi) is 1.86. The molecule has 1 fully saturated rings. The number of hydrogen-bond acceptors (Lipinski definition) is 3. The summed E-state index contributed by atoms with van der Waals surface area (Å²) in [6.45, 7) is 6.77. The van der Waals surface area contributed by atoms with Crippen molar-refractivity contribution in [3.8, 4) is 0 Å². The number of ether oxygens (including phenoxy) is 1. The Morgan fingerprint density at radius 2 is 2.00 bits per heavy atom. The van der Waals surface area contributed by atoms with Gasteiger partial charge in [-0.1, -0.05) is 0 Å². The highest BCUT2D eigenvalue weighted by molar-refractivity contribution is 5.20. The van der Waals surface area contributed by atoms with E-state index in [-0.39, 0.29) is 0 Å². The van der Waals surface area contributed by atoms with E-state index in [0.717, 1.165) is 26.3 Å². The molecule has 1 rings (SSSR count). The number of hydrogen-bond donors (Lipinski definition) is 0. The minimum Gasteiger partial charge on any atom is -0.377 e. The van der Waals surface area contributed by atoms with Crippen molar-refractivity contribution in [3.05, 3.63) is 0 Å². The lowest BCUT2D eigenvalue weighted by molar-refractivity contribution is 0.0290. The molecule has 1 aliphatic heterocycles. The average molecular weight is 114 g/mol. The van der Waals surface area contributed by atoms with Crippen molar-refractivity contribution in [1.29, 1.82) is 0 Å². The second kappa shape index (κ2) is 2.67. The van der Waals surface area contributed by atoms with Gasteiger partial charge in [0.1, 0.15) is 13.1 Å². The summed E-state index contributed by atoms with van der Waals surface area (Å²) in [5, 5.41) is 5.66. The van der Waals surface area contributed by atoms with Gasteiger partial charge in [-0.15, -0.1) is 5.01 Å². The van der Waals surface area contributed by atoms with Gasteiger partial charge in [0.15, 0.2) is 5.10 Å². The van der Waals surface area contributed by atoms with Crippen molar-refractivity contribution in [2.24, 2.45) is 0 Å². The predicted molar refractivity (Wildman–Crippen MR) is 31.6 cm³/mol. The highest BCUT2D eigenvalue weighted by atomic mass is 16.5. The Bertz CT molecular complexity index is 78.5. The Hall–Kier alpha value is -0.570. The van der Waals surface area contributed by atoms with E-state index in [4.69, 9.17) is 4.74 Å². The van der Waals surface area contributed by atoms with Gasteiger partial charge in [-0.2, -0.15) is 0 Å². The maximum Gasteiger partial charge on any atom is 0.240 e. The van der Waals surface area contributed by atoms with Crippen LogP contribution in [0.5, 0.6) is 0 Å². The molecule has 1 saturated heterocycles. The quantitative estimate of drug-likeness (QED) is 0.420. The molecule has 0 aromatic carbocycles. The second-order valence-corrected chi connectivity index (χ2v) is 1.71. The van der Waals surface area contributed by atoms with E-state index in [0.29, 0.717) is 0 Å². The second-order valence-electron chi connectivity index (χ2n) is 1.71. The topological polar surface area (TPSA) is 26.6 Å². The summed E-state index contributed by atoms with van der Waals surface area (Å²) >= 11 is 0. The van der Waals surface area contributed by atoms with Crippen LogP contribution in [-0.2, 0) is 4.74 Å². The molecule has 1 heterocycles. The molecule has 0 amide bonds. The molecule has 0 bridgehead atoms. The third-order valence-electron chi connectivity index (χ3n) is 1.19. The van der Waals surface area contributed by atoms with Crippen LogP contribution < -0.4 is 5.10 Å². The van der Waals surface area contributed by atoms with Gasteiger partial charge >= 0.3 is 0 Å². The Morgan fingerprint density at radius 3 is 2.38 bits per heavy atom. The smallest absolute Gasteiger partial charge is 0.240 e. The molecule has 0 aliphatic carbocycles. The molecular weight excluding hydrogens is 104 g/mol. The van der Waals surface area contributed by atoms with E-state index in [9.17, 15) is 0 Å². The summed E-state index contributed by atoms with van der Waals surface area (Å²) in [7, 11) is 0. The lowest BCUT2D eigenvalue weighted by Gasteiger charge is -2.13. The van der Waals surface area contributed by atoms with Crippen LogP contribution in [0.25, 0.3) is 0 Å². The van der Waals surface area contributed by atoms with Gasteiger partial charge in [-0.25, -0.2) is 0 Å². The SMILES string of the molecule is C=[N+]N1CCOCC1. The van der Waals surface area contributed by atoms with Crippen LogP contribution in [0.15, 0.2) is 0 Å². The van der Waals surface area contributed by atoms with E-state index < -0.39 is 0 Å². The van der Waals surface area contributed by atoms with Gasteiger partial charge < -0.3 is 4.74 Å². The molecule has 0 aromatic heterocycles. The summed E-state index contributed by atoms with van der Waals surface area (Å²) in [6.07, 6.45) is 0. The van der Waals surface area contributed by atoms with E-state index in [1.54, 1.807) is 0 Å². The van der Waals surface area contributed by atoms with Crippen LogP contribution >= 0.6 is 0 Å². The Labute approximate surface area is 48.9 Å². The average Bonchev–Trinajstić information content (AvgIpc) is 1.90. The first-order chi connectivity index (χ1) is 3.93. The van der Waals surface area contributed by atoms with Crippen LogP contribution in [0, 0.1) is 0 Å². The summed E-state index contributed by atoms with van der Waals surface area (Å²) in [4.78, 5) is 0. The maximum absolute atomic E-state index is 5.07. The van der Waals surface area contributed by atoms with Crippen molar-refractivity contribution < 1.29 is 4.74 Å². The molecule has 3 nitrogen and oxygen atoms in total. The number of rotatable bonds is 1. The number of nitrogens with zero attached hydrogens (tertiary/aromatic N) is 2. The molecule has 0 spiro atoms. The van der Waals surface area contributed by atoms with Crippen molar-refractivity contribution in [2.45, 2.75) is 0 Å². The zero-order valence-corrected chi connectivity index (χ0v) is 4.84. The summed E-state index contributed by atoms with van der Waals surface area (Å²) in [5.41, 5.74) is 0. The lowest BCUT2D eigenvalue weighted by Crippen LogP contribution is -2.37. The fourth-order valence-corrected chi connectivity index (χ4v) is 0.695. The van der Waals surface area contributed by atoms with Crippen LogP contribution in [0.2, 0.25) is 0 Å². The van der Waals surface area contributed by atoms with Crippen molar-refractivity contribution >= 4 is 6.72 Å². The Balaban J connectivity index is 2.22.